The van der Waals surface area contributed by atoms with Crippen LogP contribution in [0.1, 0.15) is 12.7 Å². The lowest BCUT2D eigenvalue weighted by Gasteiger charge is -2.03. The van der Waals surface area contributed by atoms with Crippen LogP contribution >= 0.6 is 34.7 Å². The first-order valence-electron chi connectivity index (χ1n) is 6.39. The van der Waals surface area contributed by atoms with Gasteiger partial charge in [-0.2, -0.15) is 0 Å². The van der Waals surface area contributed by atoms with Gasteiger partial charge < -0.3 is 4.74 Å². The number of benzene rings is 1. The van der Waals surface area contributed by atoms with Gasteiger partial charge in [-0.1, -0.05) is 23.7 Å². The lowest BCUT2D eigenvalue weighted by Crippen LogP contribution is -2.00. The second kappa shape index (κ2) is 6.70. The van der Waals surface area contributed by atoms with E-state index in [2.05, 4.69) is 21.0 Å². The van der Waals surface area contributed by atoms with Crippen LogP contribution in [0.5, 0.6) is 0 Å². The van der Waals surface area contributed by atoms with Gasteiger partial charge in [0.25, 0.3) is 0 Å². The number of nitrogens with zero attached hydrogens (tertiary/aromatic N) is 3. The smallest absolute Gasteiger partial charge is 0.157 e. The van der Waals surface area contributed by atoms with E-state index in [0.29, 0.717) is 24.2 Å². The van der Waals surface area contributed by atoms with E-state index in [1.807, 2.05) is 25.1 Å². The number of hydrogen-bond donors (Lipinski definition) is 0. The Hall–Kier alpha value is -1.21. The summed E-state index contributed by atoms with van der Waals surface area (Å²) in [6.45, 7) is 2.92. The molecule has 0 N–H and O–H groups in total. The van der Waals surface area contributed by atoms with E-state index in [4.69, 9.17) is 16.3 Å². The van der Waals surface area contributed by atoms with Gasteiger partial charge in [0, 0.05) is 12.7 Å². The Kier molecular flexibility index (Phi) is 4.70. The first-order chi connectivity index (χ1) is 10.2. The predicted octanol–water partition coefficient (Wildman–Crippen LogP) is 4.43. The average Bonchev–Trinajstić information content (AvgIpc) is 2.86. The van der Waals surface area contributed by atoms with Gasteiger partial charge >= 0.3 is 0 Å². The van der Waals surface area contributed by atoms with Gasteiger partial charge in [-0.3, -0.25) is 0 Å². The normalized spacial score (nSPS) is 11.1. The molecule has 0 unspecified atom stereocenters. The molecule has 0 aliphatic carbocycles. The summed E-state index contributed by atoms with van der Waals surface area (Å²) in [6.07, 6.45) is 0. The Labute approximate surface area is 135 Å². The second-order valence-corrected chi connectivity index (χ2v) is 6.82. The highest BCUT2D eigenvalue weighted by molar-refractivity contribution is 8.01. The largest absolute Gasteiger partial charge is 0.374 e. The molecule has 0 atom stereocenters. The highest BCUT2D eigenvalue weighted by atomic mass is 35.5. The molecule has 108 valence electrons. The molecule has 0 saturated carbocycles. The molecular formula is C14H12ClN3OS2. The van der Waals surface area contributed by atoms with Crippen molar-refractivity contribution in [3.05, 3.63) is 41.3 Å². The number of hydrogen-bond acceptors (Lipinski definition) is 6. The van der Waals surface area contributed by atoms with Gasteiger partial charge in [0.05, 0.1) is 10.2 Å². The van der Waals surface area contributed by atoms with Crippen molar-refractivity contribution in [1.29, 1.82) is 0 Å². The van der Waals surface area contributed by atoms with Crippen LogP contribution in [-0.4, -0.2) is 21.6 Å². The van der Waals surface area contributed by atoms with E-state index >= 15 is 0 Å². The molecule has 3 rings (SSSR count). The molecule has 21 heavy (non-hydrogen) atoms. The monoisotopic (exact) mass is 337 g/mol. The van der Waals surface area contributed by atoms with Crippen LogP contribution in [0.2, 0.25) is 5.15 Å². The van der Waals surface area contributed by atoms with Gasteiger partial charge in [0.1, 0.15) is 16.8 Å². The van der Waals surface area contributed by atoms with Crippen molar-refractivity contribution < 1.29 is 4.74 Å². The number of para-hydroxylation sites is 1. The minimum Gasteiger partial charge on any atom is -0.374 e. The molecule has 4 nitrogen and oxygen atoms in total. The van der Waals surface area contributed by atoms with Crippen LogP contribution in [0.25, 0.3) is 10.2 Å². The lowest BCUT2D eigenvalue weighted by atomic mass is 10.3. The summed E-state index contributed by atoms with van der Waals surface area (Å²) in [5, 5.41) is 1.20. The van der Waals surface area contributed by atoms with E-state index in [1.54, 1.807) is 17.4 Å². The molecular weight excluding hydrogens is 326 g/mol. The molecule has 0 amide bonds. The maximum absolute atomic E-state index is 6.04. The van der Waals surface area contributed by atoms with Crippen molar-refractivity contribution >= 4 is 44.9 Å². The fourth-order valence-corrected chi connectivity index (χ4v) is 4.04. The molecule has 2 aromatic heterocycles. The van der Waals surface area contributed by atoms with Gasteiger partial charge in [-0.25, -0.2) is 15.0 Å². The van der Waals surface area contributed by atoms with Crippen LogP contribution in [0.3, 0.4) is 0 Å². The first kappa shape index (κ1) is 14.7. The van der Waals surface area contributed by atoms with Crippen LogP contribution in [0.15, 0.2) is 39.7 Å². The third-order valence-corrected chi connectivity index (χ3v) is 4.83. The quantitative estimate of drug-likeness (QED) is 0.645. The highest BCUT2D eigenvalue weighted by Crippen LogP contribution is 2.33. The van der Waals surface area contributed by atoms with Gasteiger partial charge in [0.15, 0.2) is 10.2 Å². The standard InChI is InChI=1S/C14H12ClN3OS2/c1-2-19-8-12-17-11(15)7-13(18-12)21-14-16-9-5-3-4-6-10(9)20-14/h3-7H,2,8H2,1H3. The molecule has 0 aliphatic heterocycles. The zero-order valence-corrected chi connectivity index (χ0v) is 13.6. The average molecular weight is 338 g/mol. The molecule has 0 radical (unpaired) electrons. The Morgan fingerprint density at radius 1 is 1.24 bits per heavy atom. The van der Waals surface area contributed by atoms with Crippen molar-refractivity contribution in [3.8, 4) is 0 Å². The number of ether oxygens (including phenoxy) is 1. The molecule has 2 heterocycles. The third kappa shape index (κ3) is 3.71. The summed E-state index contributed by atoms with van der Waals surface area (Å²) in [6, 6.07) is 9.80. The maximum Gasteiger partial charge on any atom is 0.157 e. The summed E-state index contributed by atoms with van der Waals surface area (Å²) in [5.41, 5.74) is 1.000. The molecule has 0 bridgehead atoms. The predicted molar refractivity (Wildman–Crippen MR) is 86.1 cm³/mol. The second-order valence-electron chi connectivity index (χ2n) is 4.13. The Bertz CT molecular complexity index is 730. The van der Waals surface area contributed by atoms with Crippen molar-refractivity contribution in [2.24, 2.45) is 0 Å². The highest BCUT2D eigenvalue weighted by Gasteiger charge is 2.09. The van der Waals surface area contributed by atoms with Crippen molar-refractivity contribution in [1.82, 2.24) is 15.0 Å². The Balaban J connectivity index is 1.84. The first-order valence-corrected chi connectivity index (χ1v) is 8.40. The molecule has 1 aromatic carbocycles. The molecule has 3 aromatic rings. The van der Waals surface area contributed by atoms with Gasteiger partial charge in [-0.05, 0) is 30.8 Å². The zero-order valence-electron chi connectivity index (χ0n) is 11.2. The SMILES string of the molecule is CCOCc1nc(Cl)cc(Sc2nc3ccccc3s2)n1. The number of rotatable bonds is 5. The van der Waals surface area contributed by atoms with Gasteiger partial charge in [-0.15, -0.1) is 11.3 Å². The minimum atomic E-state index is 0.366. The summed E-state index contributed by atoms with van der Waals surface area (Å²) in [7, 11) is 0. The lowest BCUT2D eigenvalue weighted by molar-refractivity contribution is 0.128. The molecule has 7 heteroatoms. The molecule has 0 fully saturated rings. The summed E-state index contributed by atoms with van der Waals surface area (Å²) >= 11 is 9.17. The maximum atomic E-state index is 6.04. The van der Waals surface area contributed by atoms with Gasteiger partial charge in [0.2, 0.25) is 0 Å². The number of fused-ring (bicyclic) bond motifs is 1. The van der Waals surface area contributed by atoms with Crippen LogP contribution in [0.4, 0.5) is 0 Å². The number of halogens is 1. The van der Waals surface area contributed by atoms with E-state index in [9.17, 15) is 0 Å². The zero-order chi connectivity index (χ0) is 14.7. The van der Waals surface area contributed by atoms with Crippen LogP contribution < -0.4 is 0 Å². The van der Waals surface area contributed by atoms with Crippen LogP contribution in [-0.2, 0) is 11.3 Å². The fourth-order valence-electron chi connectivity index (χ4n) is 1.74. The summed E-state index contributed by atoms with van der Waals surface area (Å²) in [4.78, 5) is 13.2. The van der Waals surface area contributed by atoms with E-state index in [0.717, 1.165) is 19.6 Å². The summed E-state index contributed by atoms with van der Waals surface area (Å²) < 4.78 is 7.42. The van der Waals surface area contributed by atoms with Crippen LogP contribution in [0, 0.1) is 0 Å². The van der Waals surface area contributed by atoms with Crippen molar-refractivity contribution in [2.75, 3.05) is 6.61 Å². The van der Waals surface area contributed by atoms with E-state index in [-0.39, 0.29) is 0 Å². The topological polar surface area (TPSA) is 47.9 Å². The Morgan fingerprint density at radius 2 is 2.10 bits per heavy atom. The van der Waals surface area contributed by atoms with E-state index in [1.165, 1.54) is 11.8 Å². The number of thiazole rings is 1. The molecule has 0 saturated heterocycles. The number of aromatic nitrogens is 3. The summed E-state index contributed by atoms with van der Waals surface area (Å²) in [5.74, 6) is 0.591. The minimum absolute atomic E-state index is 0.366. The Morgan fingerprint density at radius 3 is 2.90 bits per heavy atom. The third-order valence-electron chi connectivity index (χ3n) is 2.62. The van der Waals surface area contributed by atoms with Crippen molar-refractivity contribution in [3.63, 3.8) is 0 Å². The van der Waals surface area contributed by atoms with E-state index < -0.39 is 0 Å². The van der Waals surface area contributed by atoms with Crippen molar-refractivity contribution in [2.45, 2.75) is 22.9 Å². The fraction of sp³-hybridized carbons (Fsp3) is 0.214. The molecule has 0 aliphatic rings. The molecule has 0 spiro atoms.